The first-order chi connectivity index (χ1) is 12.1. The zero-order valence-corrected chi connectivity index (χ0v) is 13.7. The third kappa shape index (κ3) is 2.53. The highest BCUT2D eigenvalue weighted by Crippen LogP contribution is 2.25. The average molecular weight is 333 g/mol. The molecule has 0 atom stereocenters. The van der Waals surface area contributed by atoms with Crippen LogP contribution in [0.1, 0.15) is 10.4 Å². The fourth-order valence-electron chi connectivity index (χ4n) is 2.80. The number of nitrogens with one attached hydrogen (secondary N) is 1. The fraction of sp³-hybridized carbons (Fsp3) is 0.118. The number of carbonyl (C=O) groups excluding carboxylic acids is 1. The number of H-pyrrole nitrogens is 1. The molecule has 0 aliphatic heterocycles. The van der Waals surface area contributed by atoms with Crippen molar-refractivity contribution in [3.8, 4) is 11.5 Å². The normalized spacial score (nSPS) is 11.0. The second-order valence-electron chi connectivity index (χ2n) is 5.66. The topological polar surface area (TPSA) is 92.6 Å². The lowest BCUT2D eigenvalue weighted by molar-refractivity contribution is 0.0993. The predicted octanol–water partition coefficient (Wildman–Crippen LogP) is 2.03. The zero-order valence-electron chi connectivity index (χ0n) is 13.7. The lowest BCUT2D eigenvalue weighted by Crippen LogP contribution is -2.26. The van der Waals surface area contributed by atoms with E-state index >= 15 is 0 Å². The summed E-state index contributed by atoms with van der Waals surface area (Å²) in [6.45, 7) is 0. The number of aromatic nitrogens is 6. The van der Waals surface area contributed by atoms with Crippen LogP contribution < -0.4 is 4.90 Å². The summed E-state index contributed by atoms with van der Waals surface area (Å²) in [6, 6.07) is 13.9. The fourth-order valence-corrected chi connectivity index (χ4v) is 2.80. The minimum Gasteiger partial charge on any atom is -0.311 e. The van der Waals surface area contributed by atoms with Crippen LogP contribution in [0.3, 0.4) is 0 Å². The molecule has 2 aromatic carbocycles. The summed E-state index contributed by atoms with van der Waals surface area (Å²) in [6.07, 6.45) is 1.52. The first kappa shape index (κ1) is 15.0. The lowest BCUT2D eigenvalue weighted by Gasteiger charge is -2.18. The third-order valence-electron chi connectivity index (χ3n) is 4.15. The lowest BCUT2D eigenvalue weighted by atomic mass is 10.1. The monoisotopic (exact) mass is 333 g/mol. The van der Waals surface area contributed by atoms with Crippen LogP contribution in [0, 0.1) is 0 Å². The quantitative estimate of drug-likeness (QED) is 0.619. The van der Waals surface area contributed by atoms with Crippen LogP contribution >= 0.6 is 0 Å². The molecule has 8 heteroatoms. The van der Waals surface area contributed by atoms with Crippen molar-refractivity contribution in [2.75, 3.05) is 11.9 Å². The van der Waals surface area contributed by atoms with Gasteiger partial charge in [-0.25, -0.2) is 0 Å². The first-order valence-corrected chi connectivity index (χ1v) is 7.68. The number of hydrogen-bond acceptors (Lipinski definition) is 5. The molecular weight excluding hydrogens is 318 g/mol. The molecule has 0 spiro atoms. The highest BCUT2D eigenvalue weighted by atomic mass is 16.2. The molecule has 0 unspecified atom stereocenters. The van der Waals surface area contributed by atoms with Gasteiger partial charge in [-0.1, -0.05) is 30.3 Å². The Bertz CT molecular complexity index is 1050. The second kappa shape index (κ2) is 5.82. The van der Waals surface area contributed by atoms with E-state index in [0.29, 0.717) is 17.1 Å². The summed E-state index contributed by atoms with van der Waals surface area (Å²) in [5.41, 5.74) is 1.73. The number of aryl methyl sites for hydroxylation is 1. The minimum absolute atomic E-state index is 0.191. The maximum Gasteiger partial charge on any atom is 0.261 e. The van der Waals surface area contributed by atoms with Gasteiger partial charge in [-0.15, -0.1) is 10.2 Å². The Balaban J connectivity index is 1.73. The third-order valence-corrected chi connectivity index (χ3v) is 4.15. The number of tetrazole rings is 1. The van der Waals surface area contributed by atoms with Gasteiger partial charge in [0.25, 0.3) is 5.91 Å². The molecule has 0 saturated carbocycles. The number of amides is 1. The summed E-state index contributed by atoms with van der Waals surface area (Å²) in [7, 11) is 3.47. The summed E-state index contributed by atoms with van der Waals surface area (Å²) in [4.78, 5) is 14.6. The molecule has 124 valence electrons. The van der Waals surface area contributed by atoms with E-state index in [-0.39, 0.29) is 5.91 Å². The van der Waals surface area contributed by atoms with Gasteiger partial charge in [0.05, 0.1) is 11.8 Å². The zero-order chi connectivity index (χ0) is 17.4. The van der Waals surface area contributed by atoms with E-state index in [1.807, 2.05) is 42.5 Å². The number of benzene rings is 2. The van der Waals surface area contributed by atoms with Crippen molar-refractivity contribution in [3.63, 3.8) is 0 Å². The first-order valence-electron chi connectivity index (χ1n) is 7.68. The average Bonchev–Trinajstić information content (AvgIpc) is 3.29. The maximum atomic E-state index is 13.0. The van der Waals surface area contributed by atoms with E-state index in [1.165, 1.54) is 6.20 Å². The van der Waals surface area contributed by atoms with Crippen LogP contribution in [0.2, 0.25) is 0 Å². The van der Waals surface area contributed by atoms with Crippen LogP contribution in [-0.2, 0) is 7.05 Å². The molecule has 0 radical (unpaired) electrons. The SMILES string of the molecule is CN(C(=O)c1cnn(C)c1-c1nn[nH]n1)c1ccc2ccccc2c1. The summed E-state index contributed by atoms with van der Waals surface area (Å²) in [5, 5.41) is 20.2. The highest BCUT2D eigenvalue weighted by molar-refractivity contribution is 6.09. The second-order valence-corrected chi connectivity index (χ2v) is 5.66. The van der Waals surface area contributed by atoms with E-state index in [0.717, 1.165) is 16.5 Å². The van der Waals surface area contributed by atoms with Crippen LogP contribution in [-0.4, -0.2) is 43.4 Å². The Morgan fingerprint density at radius 2 is 1.96 bits per heavy atom. The largest absolute Gasteiger partial charge is 0.311 e. The van der Waals surface area contributed by atoms with Crippen molar-refractivity contribution >= 4 is 22.4 Å². The molecule has 25 heavy (non-hydrogen) atoms. The van der Waals surface area contributed by atoms with Gasteiger partial charge in [-0.05, 0) is 28.1 Å². The molecule has 0 aliphatic rings. The summed E-state index contributed by atoms with van der Waals surface area (Å²) < 4.78 is 1.56. The van der Waals surface area contributed by atoms with Crippen molar-refractivity contribution in [2.45, 2.75) is 0 Å². The molecule has 1 N–H and O–H groups in total. The molecule has 0 fully saturated rings. The van der Waals surface area contributed by atoms with Gasteiger partial charge in [0.15, 0.2) is 0 Å². The van der Waals surface area contributed by atoms with Crippen LogP contribution in [0.15, 0.2) is 48.7 Å². The van der Waals surface area contributed by atoms with Gasteiger partial charge in [0.1, 0.15) is 5.69 Å². The molecule has 4 rings (SSSR count). The highest BCUT2D eigenvalue weighted by Gasteiger charge is 2.24. The van der Waals surface area contributed by atoms with E-state index in [1.54, 1.807) is 23.7 Å². The number of carbonyl (C=O) groups is 1. The molecular formula is C17H15N7O. The van der Waals surface area contributed by atoms with Crippen molar-refractivity contribution in [2.24, 2.45) is 7.05 Å². The van der Waals surface area contributed by atoms with Crippen LogP contribution in [0.5, 0.6) is 0 Å². The molecule has 2 aromatic heterocycles. The number of anilines is 1. The number of hydrogen-bond donors (Lipinski definition) is 1. The van der Waals surface area contributed by atoms with E-state index < -0.39 is 0 Å². The molecule has 2 heterocycles. The van der Waals surface area contributed by atoms with Gasteiger partial charge < -0.3 is 4.90 Å². The van der Waals surface area contributed by atoms with Crippen molar-refractivity contribution < 1.29 is 4.79 Å². The van der Waals surface area contributed by atoms with Gasteiger partial charge in [0, 0.05) is 19.8 Å². The predicted molar refractivity (Wildman–Crippen MR) is 93.1 cm³/mol. The Hall–Kier alpha value is -3.55. The summed E-state index contributed by atoms with van der Waals surface area (Å²) in [5.74, 6) is 0.137. The Labute approximate surface area is 143 Å². The van der Waals surface area contributed by atoms with Crippen LogP contribution in [0.25, 0.3) is 22.3 Å². The number of rotatable bonds is 3. The Morgan fingerprint density at radius 1 is 1.16 bits per heavy atom. The number of aromatic amines is 1. The van der Waals surface area contributed by atoms with E-state index in [4.69, 9.17) is 0 Å². The van der Waals surface area contributed by atoms with Gasteiger partial charge >= 0.3 is 0 Å². The van der Waals surface area contributed by atoms with Gasteiger partial charge in [-0.3, -0.25) is 9.48 Å². The smallest absolute Gasteiger partial charge is 0.261 e. The van der Waals surface area contributed by atoms with Crippen LogP contribution in [0.4, 0.5) is 5.69 Å². The van der Waals surface area contributed by atoms with Crippen molar-refractivity contribution in [3.05, 3.63) is 54.2 Å². The molecule has 1 amide bonds. The van der Waals surface area contributed by atoms with Crippen molar-refractivity contribution in [1.29, 1.82) is 0 Å². The Kier molecular flexibility index (Phi) is 3.50. The molecule has 8 nitrogen and oxygen atoms in total. The standard InChI is InChI=1S/C17H15N7O/c1-23(13-8-7-11-5-3-4-6-12(11)9-13)17(25)14-10-18-24(2)15(14)16-19-21-22-20-16/h3-10H,1-2H3,(H,19,20,21,22). The van der Waals surface area contributed by atoms with Gasteiger partial charge in [-0.2, -0.15) is 10.3 Å². The molecule has 0 aliphatic carbocycles. The molecule has 0 saturated heterocycles. The number of fused-ring (bicyclic) bond motifs is 1. The van der Waals surface area contributed by atoms with E-state index in [9.17, 15) is 4.79 Å². The maximum absolute atomic E-state index is 13.0. The molecule has 0 bridgehead atoms. The molecule has 4 aromatic rings. The van der Waals surface area contributed by atoms with Gasteiger partial charge in [0.2, 0.25) is 5.82 Å². The Morgan fingerprint density at radius 3 is 2.72 bits per heavy atom. The minimum atomic E-state index is -0.191. The number of nitrogens with zero attached hydrogens (tertiary/aromatic N) is 6. The van der Waals surface area contributed by atoms with E-state index in [2.05, 4.69) is 25.7 Å². The summed E-state index contributed by atoms with van der Waals surface area (Å²) >= 11 is 0. The van der Waals surface area contributed by atoms with Crippen molar-refractivity contribution in [1.82, 2.24) is 30.4 Å².